The molecule has 2 rings (SSSR count). The maximum atomic E-state index is 13.3. The number of carbonyl (C=O) groups is 2. The van der Waals surface area contributed by atoms with E-state index < -0.39 is 30.2 Å². The average molecular weight is 385 g/mol. The van der Waals surface area contributed by atoms with E-state index in [9.17, 15) is 18.4 Å². The van der Waals surface area contributed by atoms with Crippen LogP contribution in [0.3, 0.4) is 0 Å². The van der Waals surface area contributed by atoms with E-state index in [2.05, 4.69) is 21.2 Å². The summed E-state index contributed by atoms with van der Waals surface area (Å²) in [6.07, 6.45) is 0. The lowest BCUT2D eigenvalue weighted by Crippen LogP contribution is -2.37. The van der Waals surface area contributed by atoms with Crippen molar-refractivity contribution >= 4 is 33.6 Å². The van der Waals surface area contributed by atoms with Crippen LogP contribution in [0, 0.1) is 11.6 Å². The van der Waals surface area contributed by atoms with Gasteiger partial charge in [-0.05, 0) is 46.3 Å². The summed E-state index contributed by atoms with van der Waals surface area (Å²) in [5, 5.41) is 4.18. The van der Waals surface area contributed by atoms with E-state index in [1.165, 1.54) is 42.5 Å². The molecule has 0 heterocycles. The second-order valence-corrected chi connectivity index (χ2v) is 5.20. The summed E-state index contributed by atoms with van der Waals surface area (Å²) in [6, 6.07) is 8.33. The third-order valence-corrected chi connectivity index (χ3v) is 3.25. The first-order valence-electron chi connectivity index (χ1n) is 6.39. The lowest BCUT2D eigenvalue weighted by Gasteiger charge is -2.09. The number of hydrogen-bond acceptors (Lipinski definition) is 3. The molecule has 0 aromatic heterocycles. The van der Waals surface area contributed by atoms with Crippen LogP contribution in [0.4, 0.5) is 19.3 Å². The molecule has 8 heteroatoms. The summed E-state index contributed by atoms with van der Waals surface area (Å²) < 4.78 is 31.7. The van der Waals surface area contributed by atoms with Gasteiger partial charge in [-0.25, -0.2) is 13.6 Å². The van der Waals surface area contributed by atoms with Crippen molar-refractivity contribution in [1.29, 1.82) is 0 Å². The summed E-state index contributed by atoms with van der Waals surface area (Å²) in [6.45, 7) is -0.463. The number of carbonyl (C=O) groups excluding carboxylic acids is 2. The molecule has 5 nitrogen and oxygen atoms in total. The highest BCUT2D eigenvalue weighted by atomic mass is 79.9. The van der Waals surface area contributed by atoms with E-state index in [1.54, 1.807) is 0 Å². The molecule has 0 spiro atoms. The Morgan fingerprint density at radius 3 is 2.57 bits per heavy atom. The van der Waals surface area contributed by atoms with Crippen molar-refractivity contribution in [2.24, 2.45) is 0 Å². The standard InChI is InChI=1S/C15H11BrF2N2O3/c16-10-7-9(17)5-6-13(10)23-8-14(21)20-15(22)19-12-4-2-1-3-11(12)18/h1-7H,8H2,(H2,19,20,21,22). The second-order valence-electron chi connectivity index (χ2n) is 4.35. The average Bonchev–Trinajstić information content (AvgIpc) is 2.48. The number of para-hydroxylation sites is 1. The lowest BCUT2D eigenvalue weighted by atomic mass is 10.3. The predicted molar refractivity (Wildman–Crippen MR) is 83.2 cm³/mol. The van der Waals surface area contributed by atoms with Crippen LogP contribution in [0.5, 0.6) is 5.75 Å². The topological polar surface area (TPSA) is 67.4 Å². The predicted octanol–water partition coefficient (Wildman–Crippen LogP) is 3.45. The van der Waals surface area contributed by atoms with Gasteiger partial charge in [0.15, 0.2) is 6.61 Å². The van der Waals surface area contributed by atoms with Crippen LogP contribution in [0.2, 0.25) is 0 Å². The van der Waals surface area contributed by atoms with Crippen LogP contribution >= 0.6 is 15.9 Å². The Morgan fingerprint density at radius 1 is 1.13 bits per heavy atom. The van der Waals surface area contributed by atoms with Crippen LogP contribution in [0.15, 0.2) is 46.9 Å². The van der Waals surface area contributed by atoms with Gasteiger partial charge in [-0.1, -0.05) is 12.1 Å². The molecule has 3 amide bonds. The Kier molecular flexibility index (Phi) is 5.64. The number of hydrogen-bond donors (Lipinski definition) is 2. The minimum atomic E-state index is -0.887. The Balaban J connectivity index is 1.85. The Labute approximate surface area is 138 Å². The minimum absolute atomic E-state index is 0.0556. The molecule has 0 bridgehead atoms. The van der Waals surface area contributed by atoms with Gasteiger partial charge in [-0.15, -0.1) is 0 Å². The van der Waals surface area contributed by atoms with Gasteiger partial charge in [0, 0.05) is 0 Å². The molecule has 2 aromatic rings. The number of rotatable bonds is 4. The summed E-state index contributed by atoms with van der Waals surface area (Å²) in [5.41, 5.74) is -0.0556. The van der Waals surface area contributed by atoms with Gasteiger partial charge >= 0.3 is 6.03 Å². The molecule has 0 saturated heterocycles. The molecule has 120 valence electrons. The third-order valence-electron chi connectivity index (χ3n) is 2.63. The van der Waals surface area contributed by atoms with Gasteiger partial charge < -0.3 is 10.1 Å². The molecule has 0 aliphatic carbocycles. The SMILES string of the molecule is O=C(COc1ccc(F)cc1Br)NC(=O)Nc1ccccc1F. The van der Waals surface area contributed by atoms with Crippen molar-refractivity contribution in [3.63, 3.8) is 0 Å². The quantitative estimate of drug-likeness (QED) is 0.847. The van der Waals surface area contributed by atoms with Gasteiger partial charge in [-0.2, -0.15) is 0 Å². The molecule has 0 fully saturated rings. The fourth-order valence-corrected chi connectivity index (χ4v) is 2.08. The van der Waals surface area contributed by atoms with Crippen molar-refractivity contribution in [1.82, 2.24) is 5.32 Å². The maximum Gasteiger partial charge on any atom is 0.326 e. The Morgan fingerprint density at radius 2 is 1.87 bits per heavy atom. The maximum absolute atomic E-state index is 13.3. The molecule has 23 heavy (non-hydrogen) atoms. The van der Waals surface area contributed by atoms with Crippen molar-refractivity contribution in [2.75, 3.05) is 11.9 Å². The number of urea groups is 1. The van der Waals surface area contributed by atoms with E-state index in [-0.39, 0.29) is 11.4 Å². The fraction of sp³-hybridized carbons (Fsp3) is 0.0667. The van der Waals surface area contributed by atoms with E-state index in [4.69, 9.17) is 4.74 Å². The van der Waals surface area contributed by atoms with E-state index in [0.29, 0.717) is 4.47 Å². The number of halogens is 3. The molecule has 0 aliphatic heterocycles. The Bertz CT molecular complexity index is 740. The van der Waals surface area contributed by atoms with Crippen molar-refractivity contribution < 1.29 is 23.1 Å². The first kappa shape index (κ1) is 16.9. The first-order chi connectivity index (χ1) is 11.0. The van der Waals surface area contributed by atoms with Crippen LogP contribution < -0.4 is 15.4 Å². The van der Waals surface area contributed by atoms with Crippen LogP contribution in [0.1, 0.15) is 0 Å². The summed E-state index contributed by atoms with van der Waals surface area (Å²) in [7, 11) is 0. The number of nitrogens with one attached hydrogen (secondary N) is 2. The second kappa shape index (κ2) is 7.68. The monoisotopic (exact) mass is 384 g/mol. The molecule has 2 N–H and O–H groups in total. The molecule has 2 aromatic carbocycles. The number of imide groups is 1. The largest absolute Gasteiger partial charge is 0.483 e. The summed E-state index contributed by atoms with van der Waals surface area (Å²) >= 11 is 3.08. The van der Waals surface area contributed by atoms with Gasteiger partial charge in [0.2, 0.25) is 0 Å². The molecule has 0 aliphatic rings. The normalized spacial score (nSPS) is 10.0. The fourth-order valence-electron chi connectivity index (χ4n) is 1.61. The first-order valence-corrected chi connectivity index (χ1v) is 7.18. The van der Waals surface area contributed by atoms with Crippen LogP contribution in [-0.4, -0.2) is 18.5 Å². The third kappa shape index (κ3) is 5.03. The van der Waals surface area contributed by atoms with E-state index >= 15 is 0 Å². The van der Waals surface area contributed by atoms with Gasteiger partial charge in [0.25, 0.3) is 5.91 Å². The van der Waals surface area contributed by atoms with E-state index in [1.807, 2.05) is 5.32 Å². The Hall–Kier alpha value is -2.48. The lowest BCUT2D eigenvalue weighted by molar-refractivity contribution is -0.121. The number of benzene rings is 2. The summed E-state index contributed by atoms with van der Waals surface area (Å²) in [5.74, 6) is -1.58. The smallest absolute Gasteiger partial charge is 0.326 e. The minimum Gasteiger partial charge on any atom is -0.483 e. The number of amides is 3. The molecule has 0 unspecified atom stereocenters. The molecule has 0 radical (unpaired) electrons. The van der Waals surface area contributed by atoms with Crippen molar-refractivity contribution in [3.05, 3.63) is 58.6 Å². The highest BCUT2D eigenvalue weighted by Gasteiger charge is 2.11. The van der Waals surface area contributed by atoms with Gasteiger partial charge in [0.1, 0.15) is 17.4 Å². The van der Waals surface area contributed by atoms with Crippen molar-refractivity contribution in [3.8, 4) is 5.75 Å². The van der Waals surface area contributed by atoms with Gasteiger partial charge in [-0.3, -0.25) is 10.1 Å². The molecular formula is C15H11BrF2N2O3. The zero-order valence-electron chi connectivity index (χ0n) is 11.6. The van der Waals surface area contributed by atoms with Crippen molar-refractivity contribution in [2.45, 2.75) is 0 Å². The summed E-state index contributed by atoms with van der Waals surface area (Å²) in [4.78, 5) is 23.2. The number of anilines is 1. The molecular weight excluding hydrogens is 374 g/mol. The molecule has 0 atom stereocenters. The zero-order chi connectivity index (χ0) is 16.8. The number of ether oxygens (including phenoxy) is 1. The zero-order valence-corrected chi connectivity index (χ0v) is 13.2. The highest BCUT2D eigenvalue weighted by molar-refractivity contribution is 9.10. The van der Waals surface area contributed by atoms with E-state index in [0.717, 1.165) is 0 Å². The molecule has 0 saturated carbocycles. The van der Waals surface area contributed by atoms with Crippen LogP contribution in [-0.2, 0) is 4.79 Å². The van der Waals surface area contributed by atoms with Crippen LogP contribution in [0.25, 0.3) is 0 Å². The highest BCUT2D eigenvalue weighted by Crippen LogP contribution is 2.25. The van der Waals surface area contributed by atoms with Gasteiger partial charge in [0.05, 0.1) is 10.2 Å².